The van der Waals surface area contributed by atoms with Gasteiger partial charge in [0.25, 0.3) is 0 Å². The number of fused-ring (bicyclic) bond motifs is 3. The second-order valence-corrected chi connectivity index (χ2v) is 8.82. The van der Waals surface area contributed by atoms with Gasteiger partial charge in [-0.15, -0.1) is 0 Å². The molecule has 0 spiro atoms. The molecular formula is C28H28N2O2. The second-order valence-electron chi connectivity index (χ2n) is 8.82. The fourth-order valence-corrected chi connectivity index (χ4v) is 5.55. The molecule has 0 aromatic heterocycles. The van der Waals surface area contributed by atoms with Crippen molar-refractivity contribution in [3.05, 3.63) is 107 Å². The first-order chi connectivity index (χ1) is 15.7. The summed E-state index contributed by atoms with van der Waals surface area (Å²) in [4.78, 5) is 19.4. The monoisotopic (exact) mass is 424 g/mol. The fraction of sp³-hybridized carbons (Fsp3) is 0.286. The van der Waals surface area contributed by atoms with Crippen molar-refractivity contribution in [1.82, 2.24) is 4.90 Å². The molecule has 162 valence electrons. The Morgan fingerprint density at radius 3 is 2.03 bits per heavy atom. The van der Waals surface area contributed by atoms with Gasteiger partial charge in [-0.05, 0) is 49.0 Å². The van der Waals surface area contributed by atoms with E-state index in [2.05, 4.69) is 65.6 Å². The lowest BCUT2D eigenvalue weighted by molar-refractivity contribution is 0.0215. The van der Waals surface area contributed by atoms with Crippen LogP contribution < -0.4 is 0 Å². The van der Waals surface area contributed by atoms with Gasteiger partial charge in [0.05, 0.1) is 11.6 Å². The van der Waals surface area contributed by atoms with Crippen molar-refractivity contribution >= 4 is 12.2 Å². The molecule has 32 heavy (non-hydrogen) atoms. The van der Waals surface area contributed by atoms with E-state index in [1.54, 1.807) is 18.3 Å². The molecule has 3 saturated heterocycles. The van der Waals surface area contributed by atoms with Gasteiger partial charge < -0.3 is 5.11 Å². The van der Waals surface area contributed by atoms with Gasteiger partial charge in [0, 0.05) is 23.7 Å². The highest BCUT2D eigenvalue weighted by Gasteiger charge is 2.46. The highest BCUT2D eigenvalue weighted by Crippen LogP contribution is 2.43. The number of carbonyl (C=O) groups is 1. The van der Waals surface area contributed by atoms with Gasteiger partial charge in [0.1, 0.15) is 0 Å². The molecule has 0 saturated carbocycles. The molecule has 4 nitrogen and oxygen atoms in total. The van der Waals surface area contributed by atoms with Gasteiger partial charge in [-0.2, -0.15) is 0 Å². The van der Waals surface area contributed by atoms with Crippen LogP contribution in [0.15, 0.2) is 89.9 Å². The number of piperidine rings is 3. The van der Waals surface area contributed by atoms with E-state index in [9.17, 15) is 9.90 Å². The molecule has 3 fully saturated rings. The van der Waals surface area contributed by atoms with E-state index in [0.29, 0.717) is 17.0 Å². The largest absolute Gasteiger partial charge is 0.478 e. The molecule has 3 aromatic carbocycles. The first kappa shape index (κ1) is 20.7. The van der Waals surface area contributed by atoms with Crippen molar-refractivity contribution in [2.45, 2.75) is 30.8 Å². The first-order valence-electron chi connectivity index (χ1n) is 11.4. The van der Waals surface area contributed by atoms with Crippen LogP contribution in [-0.4, -0.2) is 47.4 Å². The number of hydrogen-bond donors (Lipinski definition) is 1. The van der Waals surface area contributed by atoms with E-state index in [4.69, 9.17) is 4.99 Å². The van der Waals surface area contributed by atoms with Crippen LogP contribution in [0.3, 0.4) is 0 Å². The summed E-state index contributed by atoms with van der Waals surface area (Å²) in [5, 5.41) is 9.58. The number of aromatic carboxylic acids is 1. The quantitative estimate of drug-likeness (QED) is 0.560. The Hall–Kier alpha value is -3.24. The van der Waals surface area contributed by atoms with Crippen LogP contribution in [0.25, 0.3) is 0 Å². The maximum atomic E-state index is 11.7. The van der Waals surface area contributed by atoms with E-state index in [1.165, 1.54) is 11.1 Å². The summed E-state index contributed by atoms with van der Waals surface area (Å²) in [5.41, 5.74) is 3.59. The van der Waals surface area contributed by atoms with E-state index >= 15 is 0 Å². The summed E-state index contributed by atoms with van der Waals surface area (Å²) in [6.45, 7) is 2.20. The fourth-order valence-electron chi connectivity index (χ4n) is 5.55. The van der Waals surface area contributed by atoms with Crippen LogP contribution >= 0.6 is 0 Å². The van der Waals surface area contributed by atoms with Crippen molar-refractivity contribution in [2.24, 2.45) is 10.9 Å². The molecular weight excluding hydrogens is 396 g/mol. The molecule has 3 aliphatic rings. The smallest absolute Gasteiger partial charge is 0.336 e. The number of benzene rings is 3. The number of carboxylic acid groups (broad SMARTS) is 1. The lowest BCUT2D eigenvalue weighted by Gasteiger charge is -2.52. The summed E-state index contributed by atoms with van der Waals surface area (Å²) in [6, 6.07) is 29.0. The third-order valence-electron chi connectivity index (χ3n) is 7.06. The Kier molecular flexibility index (Phi) is 5.87. The van der Waals surface area contributed by atoms with Crippen LogP contribution in [0.2, 0.25) is 0 Å². The zero-order chi connectivity index (χ0) is 21.9. The standard InChI is InChI=1S/C28H28N2O2/c31-28(32)24-14-8-7-13-23(24)19-29-26-22-15-17-30(18-16-22)27(26)25(20-9-3-1-4-10-20)21-11-5-2-6-12-21/h1-14,19,22,25-27H,15-18H2,(H,31,32)/t26-,27-/m1/s1. The molecule has 0 unspecified atom stereocenters. The third-order valence-corrected chi connectivity index (χ3v) is 7.06. The van der Waals surface area contributed by atoms with Gasteiger partial charge in [-0.25, -0.2) is 4.79 Å². The average Bonchev–Trinajstić information content (AvgIpc) is 2.85. The summed E-state index contributed by atoms with van der Waals surface area (Å²) < 4.78 is 0. The van der Waals surface area contributed by atoms with E-state index in [0.717, 1.165) is 25.9 Å². The number of nitrogens with zero attached hydrogens (tertiary/aromatic N) is 2. The minimum absolute atomic E-state index is 0.129. The SMILES string of the molecule is O=C(O)c1ccccc1C=N[C@@H]1C2CCN(CC2)[C@@H]1C(c1ccccc1)c1ccccc1. The minimum Gasteiger partial charge on any atom is -0.478 e. The Morgan fingerprint density at radius 1 is 0.875 bits per heavy atom. The van der Waals surface area contributed by atoms with Crippen LogP contribution in [0.4, 0.5) is 0 Å². The molecule has 0 amide bonds. The second kappa shape index (κ2) is 9.09. The summed E-state index contributed by atoms with van der Waals surface area (Å²) in [5.74, 6) is -0.172. The van der Waals surface area contributed by atoms with Crippen molar-refractivity contribution < 1.29 is 9.90 Å². The first-order valence-corrected chi connectivity index (χ1v) is 11.4. The molecule has 0 aliphatic carbocycles. The van der Waals surface area contributed by atoms with Crippen LogP contribution in [0.5, 0.6) is 0 Å². The summed E-state index contributed by atoms with van der Waals surface area (Å²) >= 11 is 0. The topological polar surface area (TPSA) is 52.9 Å². The van der Waals surface area contributed by atoms with E-state index in [1.807, 2.05) is 12.1 Å². The maximum Gasteiger partial charge on any atom is 0.336 e. The van der Waals surface area contributed by atoms with Gasteiger partial charge in [-0.1, -0.05) is 78.9 Å². The summed E-state index contributed by atoms with van der Waals surface area (Å²) in [7, 11) is 0. The van der Waals surface area contributed by atoms with Crippen LogP contribution in [-0.2, 0) is 0 Å². The zero-order valence-corrected chi connectivity index (χ0v) is 18.0. The number of aliphatic imine (C=N–C) groups is 1. The Morgan fingerprint density at radius 2 is 1.44 bits per heavy atom. The minimum atomic E-state index is -0.913. The zero-order valence-electron chi connectivity index (χ0n) is 18.0. The van der Waals surface area contributed by atoms with E-state index in [-0.39, 0.29) is 18.0 Å². The van der Waals surface area contributed by atoms with Gasteiger partial charge in [0.15, 0.2) is 0 Å². The molecule has 1 N–H and O–H groups in total. The average molecular weight is 425 g/mol. The number of carboxylic acids is 1. The molecule has 2 bridgehead atoms. The molecule has 3 aliphatic heterocycles. The van der Waals surface area contributed by atoms with E-state index < -0.39 is 5.97 Å². The van der Waals surface area contributed by atoms with Crippen molar-refractivity contribution in [3.63, 3.8) is 0 Å². The van der Waals surface area contributed by atoms with Gasteiger partial charge >= 0.3 is 5.97 Å². The Bertz CT molecular complexity index is 1050. The molecule has 0 radical (unpaired) electrons. The Balaban J connectivity index is 1.56. The summed E-state index contributed by atoms with van der Waals surface area (Å²) in [6.07, 6.45) is 4.10. The van der Waals surface area contributed by atoms with Crippen molar-refractivity contribution in [2.75, 3.05) is 13.1 Å². The van der Waals surface area contributed by atoms with Crippen LogP contribution in [0, 0.1) is 5.92 Å². The predicted molar refractivity (Wildman–Crippen MR) is 128 cm³/mol. The molecule has 6 rings (SSSR count). The lowest BCUT2D eigenvalue weighted by Crippen LogP contribution is -2.59. The lowest BCUT2D eigenvalue weighted by atomic mass is 9.71. The maximum absolute atomic E-state index is 11.7. The number of hydrogen-bond acceptors (Lipinski definition) is 3. The Labute approximate surface area is 189 Å². The predicted octanol–water partition coefficient (Wildman–Crippen LogP) is 5.10. The van der Waals surface area contributed by atoms with Gasteiger partial charge in [0.2, 0.25) is 0 Å². The molecule has 3 aromatic rings. The molecule has 2 atom stereocenters. The van der Waals surface area contributed by atoms with Gasteiger partial charge in [-0.3, -0.25) is 9.89 Å². The van der Waals surface area contributed by atoms with Crippen molar-refractivity contribution in [3.8, 4) is 0 Å². The van der Waals surface area contributed by atoms with Crippen LogP contribution in [0.1, 0.15) is 45.8 Å². The normalized spacial score (nSPS) is 24.8. The molecule has 3 heterocycles. The highest BCUT2D eigenvalue weighted by molar-refractivity contribution is 5.98. The highest BCUT2D eigenvalue weighted by atomic mass is 16.4. The third kappa shape index (κ3) is 3.98. The molecule has 4 heteroatoms. The number of rotatable bonds is 6. The van der Waals surface area contributed by atoms with Crippen molar-refractivity contribution in [1.29, 1.82) is 0 Å².